The molecule has 2 heterocycles. The number of piperidine rings is 1. The third-order valence-electron chi connectivity index (χ3n) is 5.16. The van der Waals surface area contributed by atoms with Crippen LogP contribution in [0.15, 0.2) is 54.6 Å². The second-order valence-corrected chi connectivity index (χ2v) is 7.19. The van der Waals surface area contributed by atoms with Gasteiger partial charge in [0.25, 0.3) is 5.91 Å². The third kappa shape index (κ3) is 4.15. The number of amides is 1. The van der Waals surface area contributed by atoms with E-state index >= 15 is 0 Å². The van der Waals surface area contributed by atoms with E-state index in [1.165, 1.54) is 12.1 Å². The van der Waals surface area contributed by atoms with Crippen molar-refractivity contribution in [3.8, 4) is 11.8 Å². The van der Waals surface area contributed by atoms with Crippen molar-refractivity contribution in [2.24, 2.45) is 0 Å². The van der Waals surface area contributed by atoms with Crippen LogP contribution in [-0.4, -0.2) is 40.6 Å². The molecule has 1 amide bonds. The van der Waals surface area contributed by atoms with E-state index < -0.39 is 11.5 Å². The van der Waals surface area contributed by atoms with Gasteiger partial charge in [0.1, 0.15) is 11.2 Å². The van der Waals surface area contributed by atoms with Crippen LogP contribution >= 0.6 is 0 Å². The Morgan fingerprint density at radius 2 is 1.76 bits per heavy atom. The van der Waals surface area contributed by atoms with Gasteiger partial charge < -0.3 is 20.7 Å². The van der Waals surface area contributed by atoms with Crippen LogP contribution in [-0.2, 0) is 0 Å². The first-order valence-corrected chi connectivity index (χ1v) is 9.52. The topological polar surface area (TPSA) is 94.2 Å². The number of carboxylic acid groups (broad SMARTS) is 1. The molecule has 4 N–H and O–H groups in total. The van der Waals surface area contributed by atoms with Crippen LogP contribution in [0.3, 0.4) is 0 Å². The number of carboxylic acids is 1. The minimum atomic E-state index is -0.968. The molecule has 3 aromatic rings. The molecule has 6 nitrogen and oxygen atoms in total. The molecule has 1 aliphatic heterocycles. The average molecular weight is 387 g/mol. The fraction of sp³-hybridized carbons (Fsp3) is 0.217. The molecule has 4 rings (SSSR count). The number of benzene rings is 2. The quantitative estimate of drug-likeness (QED) is 0.520. The predicted octanol–water partition coefficient (Wildman–Crippen LogP) is 2.77. The van der Waals surface area contributed by atoms with Crippen LogP contribution in [0.2, 0.25) is 0 Å². The van der Waals surface area contributed by atoms with Gasteiger partial charge in [-0.1, -0.05) is 30.0 Å². The first-order chi connectivity index (χ1) is 14.0. The SMILES string of the molecule is O=C(O)c1ccc(C#CC2(NC(=O)c3cc4ccccc4[nH]3)CCNCC2)cc1. The van der Waals surface area contributed by atoms with E-state index in [-0.39, 0.29) is 11.5 Å². The summed E-state index contributed by atoms with van der Waals surface area (Å²) in [4.78, 5) is 27.1. The summed E-state index contributed by atoms with van der Waals surface area (Å²) in [6, 6.07) is 16.0. The zero-order valence-corrected chi connectivity index (χ0v) is 15.8. The van der Waals surface area contributed by atoms with Crippen LogP contribution in [0.4, 0.5) is 0 Å². The lowest BCUT2D eigenvalue weighted by molar-refractivity contribution is 0.0696. The van der Waals surface area contributed by atoms with Crippen molar-refractivity contribution in [1.29, 1.82) is 0 Å². The molecule has 0 unspecified atom stereocenters. The van der Waals surface area contributed by atoms with Gasteiger partial charge in [0.15, 0.2) is 0 Å². The smallest absolute Gasteiger partial charge is 0.335 e. The van der Waals surface area contributed by atoms with Gasteiger partial charge in [0.2, 0.25) is 0 Å². The molecule has 146 valence electrons. The first kappa shape index (κ1) is 18.8. The molecule has 0 radical (unpaired) electrons. The largest absolute Gasteiger partial charge is 0.478 e. The summed E-state index contributed by atoms with van der Waals surface area (Å²) in [5.74, 6) is 5.21. The maximum Gasteiger partial charge on any atom is 0.335 e. The standard InChI is InChI=1S/C23H21N3O3/c27-21(20-15-18-3-1-2-4-19(18)25-20)26-23(11-13-24-14-12-23)10-9-16-5-7-17(8-6-16)22(28)29/h1-8,15,24-25H,11-14H2,(H,26,27)(H,28,29). The van der Waals surface area contributed by atoms with Gasteiger partial charge in [0.05, 0.1) is 5.56 Å². The van der Waals surface area contributed by atoms with E-state index in [4.69, 9.17) is 5.11 Å². The van der Waals surface area contributed by atoms with Crippen molar-refractivity contribution in [1.82, 2.24) is 15.6 Å². The van der Waals surface area contributed by atoms with Crippen LogP contribution in [0, 0.1) is 11.8 Å². The zero-order chi connectivity index (χ0) is 20.3. The molecule has 29 heavy (non-hydrogen) atoms. The number of hydrogen-bond donors (Lipinski definition) is 4. The summed E-state index contributed by atoms with van der Waals surface area (Å²) >= 11 is 0. The van der Waals surface area contributed by atoms with Crippen molar-refractivity contribution in [3.05, 3.63) is 71.4 Å². The maximum atomic E-state index is 12.9. The number of nitrogens with one attached hydrogen (secondary N) is 3. The highest BCUT2D eigenvalue weighted by Crippen LogP contribution is 2.20. The van der Waals surface area contributed by atoms with Crippen LogP contribution in [0.25, 0.3) is 10.9 Å². The summed E-state index contributed by atoms with van der Waals surface area (Å²) in [7, 11) is 0. The fourth-order valence-electron chi connectivity index (χ4n) is 3.50. The lowest BCUT2D eigenvalue weighted by atomic mass is 9.88. The molecule has 2 aromatic carbocycles. The number of H-pyrrole nitrogens is 1. The highest BCUT2D eigenvalue weighted by atomic mass is 16.4. The Balaban J connectivity index is 1.58. The molecule has 0 atom stereocenters. The maximum absolute atomic E-state index is 12.9. The summed E-state index contributed by atoms with van der Waals surface area (Å²) < 4.78 is 0. The Morgan fingerprint density at radius 3 is 2.45 bits per heavy atom. The van der Waals surface area contributed by atoms with E-state index in [1.54, 1.807) is 12.1 Å². The Morgan fingerprint density at radius 1 is 1.03 bits per heavy atom. The summed E-state index contributed by atoms with van der Waals surface area (Å²) in [6.07, 6.45) is 1.39. The number of para-hydroxylation sites is 1. The molecular formula is C23H21N3O3. The Kier molecular flexibility index (Phi) is 5.07. The van der Waals surface area contributed by atoms with E-state index in [0.717, 1.165) is 24.0 Å². The lowest BCUT2D eigenvalue weighted by Gasteiger charge is -2.33. The highest BCUT2D eigenvalue weighted by molar-refractivity contribution is 5.98. The second-order valence-electron chi connectivity index (χ2n) is 7.19. The number of rotatable bonds is 3. The second kappa shape index (κ2) is 7.82. The minimum absolute atomic E-state index is 0.182. The number of aromatic nitrogens is 1. The Labute approximate surface area is 168 Å². The molecule has 0 bridgehead atoms. The number of carbonyl (C=O) groups excluding carboxylic acids is 1. The summed E-state index contributed by atoms with van der Waals surface area (Å²) in [6.45, 7) is 1.53. The van der Waals surface area contributed by atoms with Crippen molar-refractivity contribution < 1.29 is 14.7 Å². The van der Waals surface area contributed by atoms with E-state index in [2.05, 4.69) is 27.5 Å². The predicted molar refractivity (Wildman–Crippen MR) is 111 cm³/mol. The molecule has 0 spiro atoms. The summed E-state index contributed by atoms with van der Waals surface area (Å²) in [5, 5.41) is 16.4. The fourth-order valence-corrected chi connectivity index (χ4v) is 3.50. The molecule has 0 aliphatic carbocycles. The van der Waals surface area contributed by atoms with Crippen LogP contribution in [0.1, 0.15) is 39.3 Å². The first-order valence-electron chi connectivity index (χ1n) is 9.52. The number of aromatic carboxylic acids is 1. The normalized spacial score (nSPS) is 15.3. The molecule has 1 aromatic heterocycles. The number of aromatic amines is 1. The van der Waals surface area contributed by atoms with E-state index in [9.17, 15) is 9.59 Å². The van der Waals surface area contributed by atoms with Crippen molar-refractivity contribution >= 4 is 22.8 Å². The molecule has 6 heteroatoms. The van der Waals surface area contributed by atoms with E-state index in [1.807, 2.05) is 30.3 Å². The molecule has 1 saturated heterocycles. The van der Waals surface area contributed by atoms with Crippen LogP contribution < -0.4 is 10.6 Å². The van der Waals surface area contributed by atoms with E-state index in [0.29, 0.717) is 24.1 Å². The number of fused-ring (bicyclic) bond motifs is 1. The molecular weight excluding hydrogens is 366 g/mol. The van der Waals surface area contributed by atoms with Gasteiger partial charge >= 0.3 is 5.97 Å². The van der Waals surface area contributed by atoms with Gasteiger partial charge in [-0.15, -0.1) is 0 Å². The third-order valence-corrected chi connectivity index (χ3v) is 5.16. The Hall–Kier alpha value is -3.56. The molecule has 1 aliphatic rings. The molecule has 0 saturated carbocycles. The van der Waals surface area contributed by atoms with Gasteiger partial charge in [-0.3, -0.25) is 4.79 Å². The van der Waals surface area contributed by atoms with Crippen molar-refractivity contribution in [2.75, 3.05) is 13.1 Å². The Bertz CT molecular complexity index is 1080. The summed E-state index contributed by atoms with van der Waals surface area (Å²) in [5.41, 5.74) is 1.73. The number of hydrogen-bond acceptors (Lipinski definition) is 3. The van der Waals surface area contributed by atoms with Crippen molar-refractivity contribution in [2.45, 2.75) is 18.4 Å². The minimum Gasteiger partial charge on any atom is -0.478 e. The van der Waals surface area contributed by atoms with Crippen molar-refractivity contribution in [3.63, 3.8) is 0 Å². The highest BCUT2D eigenvalue weighted by Gasteiger charge is 2.32. The van der Waals surface area contributed by atoms with Gasteiger partial charge in [0, 0.05) is 16.5 Å². The lowest BCUT2D eigenvalue weighted by Crippen LogP contribution is -2.53. The van der Waals surface area contributed by atoms with Gasteiger partial charge in [-0.2, -0.15) is 0 Å². The monoisotopic (exact) mass is 387 g/mol. The van der Waals surface area contributed by atoms with Crippen LogP contribution in [0.5, 0.6) is 0 Å². The van der Waals surface area contributed by atoms with Gasteiger partial charge in [-0.25, -0.2) is 4.79 Å². The van der Waals surface area contributed by atoms with Gasteiger partial charge in [-0.05, 0) is 62.3 Å². The number of carbonyl (C=O) groups is 2. The zero-order valence-electron chi connectivity index (χ0n) is 15.8. The molecule has 1 fully saturated rings. The average Bonchev–Trinajstić information content (AvgIpc) is 3.18.